The fraction of sp³-hybridized carbons (Fsp3) is 0.211. The van der Waals surface area contributed by atoms with Crippen molar-refractivity contribution in [2.24, 2.45) is 0 Å². The molecule has 6 heteroatoms. The Morgan fingerprint density at radius 2 is 1.92 bits per heavy atom. The van der Waals surface area contributed by atoms with E-state index in [4.69, 9.17) is 43.8 Å². The first kappa shape index (κ1) is 19.0. The van der Waals surface area contributed by atoms with Crippen LogP contribution in [0.5, 0.6) is 11.5 Å². The van der Waals surface area contributed by atoms with Gasteiger partial charge in [0, 0.05) is 10.6 Å². The van der Waals surface area contributed by atoms with Crippen LogP contribution in [0.2, 0.25) is 10.0 Å². The average molecular weight is 379 g/mol. The highest BCUT2D eigenvalue weighted by molar-refractivity contribution is 6.32. The van der Waals surface area contributed by atoms with Crippen LogP contribution in [0.1, 0.15) is 22.8 Å². The van der Waals surface area contributed by atoms with E-state index in [0.717, 1.165) is 5.56 Å². The lowest BCUT2D eigenvalue weighted by atomic mass is 10.2. The number of hydrogen-bond donors (Lipinski definition) is 0. The number of carbonyl (C=O) groups excluding carboxylic acids is 1. The molecule has 0 aliphatic heterocycles. The van der Waals surface area contributed by atoms with Crippen LogP contribution in [0, 0.1) is 12.3 Å². The molecule has 0 saturated heterocycles. The van der Waals surface area contributed by atoms with Crippen molar-refractivity contribution in [2.45, 2.75) is 13.5 Å². The number of esters is 1. The topological polar surface area (TPSA) is 44.8 Å². The molecule has 0 amide bonds. The SMILES string of the molecule is C#CCOC(=O)c1cc(Cl)c(OCc2ccccc2Cl)c(OCC)c1. The molecule has 0 N–H and O–H groups in total. The van der Waals surface area contributed by atoms with Crippen molar-refractivity contribution in [1.82, 2.24) is 0 Å². The first-order valence-electron chi connectivity index (χ1n) is 7.50. The number of carbonyl (C=O) groups is 1. The molecule has 0 aromatic heterocycles. The van der Waals surface area contributed by atoms with Gasteiger partial charge in [0.05, 0.1) is 17.2 Å². The summed E-state index contributed by atoms with van der Waals surface area (Å²) < 4.78 is 16.2. The molecule has 0 spiro atoms. The molecule has 0 bridgehead atoms. The molecular weight excluding hydrogens is 363 g/mol. The van der Waals surface area contributed by atoms with Crippen LogP contribution < -0.4 is 9.47 Å². The first-order valence-corrected chi connectivity index (χ1v) is 8.25. The molecule has 2 aromatic rings. The van der Waals surface area contributed by atoms with Gasteiger partial charge in [-0.1, -0.05) is 47.3 Å². The second-order valence-electron chi connectivity index (χ2n) is 4.88. The maximum atomic E-state index is 12.0. The molecule has 25 heavy (non-hydrogen) atoms. The summed E-state index contributed by atoms with van der Waals surface area (Å²) in [6, 6.07) is 10.3. The Morgan fingerprint density at radius 1 is 1.16 bits per heavy atom. The van der Waals surface area contributed by atoms with Crippen LogP contribution >= 0.6 is 23.2 Å². The molecule has 0 unspecified atom stereocenters. The molecule has 0 fully saturated rings. The number of ether oxygens (including phenoxy) is 3. The predicted molar refractivity (Wildman–Crippen MR) is 97.5 cm³/mol. The zero-order valence-corrected chi connectivity index (χ0v) is 15.1. The zero-order valence-electron chi connectivity index (χ0n) is 13.6. The van der Waals surface area contributed by atoms with Gasteiger partial charge in [-0.2, -0.15) is 0 Å². The summed E-state index contributed by atoms with van der Waals surface area (Å²) in [5, 5.41) is 0.816. The third-order valence-corrected chi connectivity index (χ3v) is 3.81. The lowest BCUT2D eigenvalue weighted by Gasteiger charge is -2.15. The van der Waals surface area contributed by atoms with Gasteiger partial charge in [-0.3, -0.25) is 0 Å². The number of benzene rings is 2. The molecule has 2 aromatic carbocycles. The van der Waals surface area contributed by atoms with Crippen LogP contribution in [0.25, 0.3) is 0 Å². The van der Waals surface area contributed by atoms with Crippen molar-refractivity contribution in [2.75, 3.05) is 13.2 Å². The average Bonchev–Trinajstić information content (AvgIpc) is 2.60. The molecular formula is C19H16Cl2O4. The maximum absolute atomic E-state index is 12.0. The smallest absolute Gasteiger partial charge is 0.339 e. The van der Waals surface area contributed by atoms with Crippen molar-refractivity contribution >= 4 is 29.2 Å². The Hall–Kier alpha value is -2.35. The molecule has 130 valence electrons. The number of halogens is 2. The molecule has 0 heterocycles. The number of rotatable bonds is 7. The van der Waals surface area contributed by atoms with E-state index in [-0.39, 0.29) is 23.8 Å². The maximum Gasteiger partial charge on any atom is 0.339 e. The molecule has 0 aliphatic rings. The number of terminal acetylenes is 1. The van der Waals surface area contributed by atoms with Gasteiger partial charge in [-0.05, 0) is 25.1 Å². The van der Waals surface area contributed by atoms with Crippen LogP contribution in [0.15, 0.2) is 36.4 Å². The standard InChI is InChI=1S/C19H16Cl2O4/c1-3-9-24-19(22)14-10-16(21)18(17(11-14)23-4-2)25-12-13-7-5-6-8-15(13)20/h1,5-8,10-11H,4,9,12H2,2H3. The fourth-order valence-electron chi connectivity index (χ4n) is 2.04. The lowest BCUT2D eigenvalue weighted by molar-refractivity contribution is 0.0556. The van der Waals surface area contributed by atoms with E-state index in [0.29, 0.717) is 23.1 Å². The minimum Gasteiger partial charge on any atom is -0.490 e. The highest BCUT2D eigenvalue weighted by Gasteiger charge is 2.17. The number of hydrogen-bond acceptors (Lipinski definition) is 4. The van der Waals surface area contributed by atoms with E-state index in [1.54, 1.807) is 6.07 Å². The van der Waals surface area contributed by atoms with Crippen molar-refractivity contribution in [1.29, 1.82) is 0 Å². The zero-order chi connectivity index (χ0) is 18.2. The van der Waals surface area contributed by atoms with E-state index >= 15 is 0 Å². The van der Waals surface area contributed by atoms with E-state index in [1.165, 1.54) is 12.1 Å². The summed E-state index contributed by atoms with van der Waals surface area (Å²) in [4.78, 5) is 12.0. The van der Waals surface area contributed by atoms with Crippen molar-refractivity contribution < 1.29 is 19.0 Å². The summed E-state index contributed by atoms with van der Waals surface area (Å²) in [5.74, 6) is 2.32. The Morgan fingerprint density at radius 3 is 2.60 bits per heavy atom. The first-order chi connectivity index (χ1) is 12.1. The van der Waals surface area contributed by atoms with Gasteiger partial charge in [0.15, 0.2) is 18.1 Å². The summed E-state index contributed by atoms with van der Waals surface area (Å²) in [6.45, 7) is 2.28. The van der Waals surface area contributed by atoms with Crippen LogP contribution in [-0.2, 0) is 11.3 Å². The largest absolute Gasteiger partial charge is 0.490 e. The quantitative estimate of drug-likeness (QED) is 0.514. The summed E-state index contributed by atoms with van der Waals surface area (Å²) in [6.07, 6.45) is 5.08. The highest BCUT2D eigenvalue weighted by Crippen LogP contribution is 2.37. The second-order valence-corrected chi connectivity index (χ2v) is 5.69. The second kappa shape index (κ2) is 9.22. The van der Waals surface area contributed by atoms with E-state index < -0.39 is 5.97 Å². The Balaban J connectivity index is 2.26. The lowest BCUT2D eigenvalue weighted by Crippen LogP contribution is -2.07. The summed E-state index contributed by atoms with van der Waals surface area (Å²) in [5.41, 5.74) is 1.04. The highest BCUT2D eigenvalue weighted by atomic mass is 35.5. The van der Waals surface area contributed by atoms with Crippen molar-refractivity contribution in [3.63, 3.8) is 0 Å². The molecule has 4 nitrogen and oxygen atoms in total. The van der Waals surface area contributed by atoms with Crippen LogP contribution in [0.3, 0.4) is 0 Å². The van der Waals surface area contributed by atoms with E-state index in [1.807, 2.05) is 25.1 Å². The van der Waals surface area contributed by atoms with Gasteiger partial charge in [0.2, 0.25) is 0 Å². The van der Waals surface area contributed by atoms with E-state index in [2.05, 4.69) is 5.92 Å². The van der Waals surface area contributed by atoms with Crippen LogP contribution in [0.4, 0.5) is 0 Å². The van der Waals surface area contributed by atoms with Crippen LogP contribution in [-0.4, -0.2) is 19.2 Å². The van der Waals surface area contributed by atoms with Crippen molar-refractivity contribution in [3.8, 4) is 23.8 Å². The Bertz CT molecular complexity index is 796. The summed E-state index contributed by atoms with van der Waals surface area (Å²) in [7, 11) is 0. The van der Waals surface area contributed by atoms with Crippen molar-refractivity contribution in [3.05, 3.63) is 57.6 Å². The van der Waals surface area contributed by atoms with E-state index in [9.17, 15) is 4.79 Å². The monoisotopic (exact) mass is 378 g/mol. The van der Waals surface area contributed by atoms with Gasteiger partial charge < -0.3 is 14.2 Å². The molecule has 0 radical (unpaired) electrons. The third-order valence-electron chi connectivity index (χ3n) is 3.16. The van der Waals surface area contributed by atoms with Gasteiger partial charge in [0.1, 0.15) is 6.61 Å². The Labute approximate surface area is 156 Å². The minimum absolute atomic E-state index is 0.120. The Kier molecular flexibility index (Phi) is 7.00. The molecule has 0 atom stereocenters. The van der Waals surface area contributed by atoms with Gasteiger partial charge in [0.25, 0.3) is 0 Å². The van der Waals surface area contributed by atoms with Gasteiger partial charge >= 0.3 is 5.97 Å². The molecule has 0 aliphatic carbocycles. The molecule has 0 saturated carbocycles. The summed E-state index contributed by atoms with van der Waals surface area (Å²) >= 11 is 12.4. The molecule has 2 rings (SSSR count). The predicted octanol–water partition coefficient (Wildman–Crippen LogP) is 4.76. The minimum atomic E-state index is -0.585. The van der Waals surface area contributed by atoms with Gasteiger partial charge in [-0.25, -0.2) is 4.79 Å². The fourth-order valence-corrected chi connectivity index (χ4v) is 2.50. The normalized spacial score (nSPS) is 10.0. The third kappa shape index (κ3) is 5.06. The van der Waals surface area contributed by atoms with Gasteiger partial charge in [-0.15, -0.1) is 6.42 Å².